The van der Waals surface area contributed by atoms with Gasteiger partial charge in [0.1, 0.15) is 0 Å². The fraction of sp³-hybridized carbons (Fsp3) is 0.364. The van der Waals surface area contributed by atoms with E-state index in [9.17, 15) is 0 Å². The van der Waals surface area contributed by atoms with Gasteiger partial charge in [0.2, 0.25) is 0 Å². The molecule has 0 amide bonds. The predicted molar refractivity (Wildman–Crippen MR) is 222 cm³/mol. The van der Waals surface area contributed by atoms with E-state index >= 15 is 0 Å². The van der Waals surface area contributed by atoms with E-state index in [1.165, 1.54) is 49.1 Å². The Morgan fingerprint density at radius 1 is 0.960 bits per heavy atom. The van der Waals surface area contributed by atoms with Crippen molar-refractivity contribution < 1.29 is 0 Å². The molecule has 1 unspecified atom stereocenters. The largest absolute Gasteiger partial charge is 0.398 e. The van der Waals surface area contributed by atoms with Crippen LogP contribution in [0.1, 0.15) is 69.2 Å². The summed E-state index contributed by atoms with van der Waals surface area (Å²) in [7, 11) is 0. The zero-order valence-electron chi connectivity index (χ0n) is 30.7. The van der Waals surface area contributed by atoms with E-state index in [1.54, 1.807) is 0 Å². The molecule has 1 fully saturated rings. The fourth-order valence-corrected chi connectivity index (χ4v) is 9.53. The van der Waals surface area contributed by atoms with Crippen LogP contribution >= 0.6 is 23.7 Å². The molecule has 0 bridgehead atoms. The molecular weight excluding hydrogens is 649 g/mol. The molecule has 0 radical (unpaired) electrons. The smallest absolute Gasteiger partial charge is 0.0553 e. The van der Waals surface area contributed by atoms with E-state index in [-0.39, 0.29) is 10.8 Å². The predicted octanol–water partition coefficient (Wildman–Crippen LogP) is 11.2. The maximum Gasteiger partial charge on any atom is 0.0553 e. The molecule has 3 aromatic rings. The maximum absolute atomic E-state index is 6.21. The molecule has 2 heterocycles. The van der Waals surface area contributed by atoms with Crippen LogP contribution in [-0.4, -0.2) is 47.7 Å². The number of aryl methyl sites for hydroxylation is 1. The van der Waals surface area contributed by atoms with Crippen LogP contribution in [0.2, 0.25) is 0 Å². The highest BCUT2D eigenvalue weighted by Crippen LogP contribution is 2.52. The van der Waals surface area contributed by atoms with Gasteiger partial charge in [-0.05, 0) is 89.2 Å². The number of allylic oxidation sites excluding steroid dienone is 3. The Hall–Kier alpha value is -3.58. The second kappa shape index (κ2) is 15.0. The Balaban J connectivity index is 1.21. The topological polar surface area (TPSA) is 35.7 Å². The van der Waals surface area contributed by atoms with Crippen LogP contribution in [0.3, 0.4) is 0 Å². The Kier molecular flexibility index (Phi) is 10.8. The Bertz CT molecular complexity index is 1840. The first kappa shape index (κ1) is 36.2. The number of nitrogens with two attached hydrogens (primary N) is 1. The van der Waals surface area contributed by atoms with Crippen molar-refractivity contribution in [3.05, 3.63) is 125 Å². The summed E-state index contributed by atoms with van der Waals surface area (Å²) in [6.07, 6.45) is 11.9. The number of nitrogens with zero attached hydrogens (tertiary/aromatic N) is 3. The highest BCUT2D eigenvalue weighted by molar-refractivity contribution is 8.03. The lowest BCUT2D eigenvalue weighted by Crippen LogP contribution is -2.43. The molecule has 4 nitrogen and oxygen atoms in total. The SMILES string of the molecule is C=Cc1cc(C2(C)C=C3Sc4cc(-c5ccc(N)c(C=C)c5)ccc4N(CCCSN4CCN(C(=C)CC(C)(C)C)CC4)C3=CC2)ccc1C. The van der Waals surface area contributed by atoms with E-state index in [2.05, 4.69) is 129 Å². The molecule has 0 saturated carbocycles. The van der Waals surface area contributed by atoms with Crippen LogP contribution in [0, 0.1) is 12.3 Å². The molecule has 6 heteroatoms. The Labute approximate surface area is 310 Å². The van der Waals surface area contributed by atoms with Gasteiger partial charge in [-0.25, -0.2) is 4.31 Å². The standard InChI is InChI=1S/C44H54N4S2/c1-9-33-27-37(15-12-31(33)3)44(8)19-18-40-42(30-44)50-41-28-36(35-13-16-38(45)34(10-2)26-35)14-17-39(41)48(40)20-11-25-49-47-23-21-46(22-24-47)32(4)29-43(5,6)7/h9-10,12-18,26-28,30H,1-2,4,11,19-25,29,45H2,3,5-8H3. The molecule has 0 spiro atoms. The van der Waals surface area contributed by atoms with Crippen molar-refractivity contribution in [2.45, 2.75) is 64.2 Å². The first-order chi connectivity index (χ1) is 23.9. The minimum absolute atomic E-state index is 0.0932. The monoisotopic (exact) mass is 702 g/mol. The van der Waals surface area contributed by atoms with E-state index in [0.29, 0.717) is 0 Å². The normalized spacial score (nSPS) is 19.3. The molecule has 0 aromatic heterocycles. The number of thioether (sulfide) groups is 1. The molecule has 3 aliphatic rings. The Morgan fingerprint density at radius 3 is 2.40 bits per heavy atom. The van der Waals surface area contributed by atoms with Crippen molar-refractivity contribution in [2.24, 2.45) is 5.41 Å². The van der Waals surface area contributed by atoms with Gasteiger partial charge in [0.15, 0.2) is 0 Å². The molecule has 1 atom stereocenters. The summed E-state index contributed by atoms with van der Waals surface area (Å²) >= 11 is 3.92. The first-order valence-corrected chi connectivity index (χ1v) is 19.7. The molecule has 6 rings (SSSR count). The third kappa shape index (κ3) is 7.98. The zero-order chi connectivity index (χ0) is 35.6. The highest BCUT2D eigenvalue weighted by Gasteiger charge is 2.34. The lowest BCUT2D eigenvalue weighted by Gasteiger charge is -2.40. The molecule has 2 aliphatic heterocycles. The summed E-state index contributed by atoms with van der Waals surface area (Å²) in [5.41, 5.74) is 18.2. The van der Waals surface area contributed by atoms with Crippen LogP contribution in [0.25, 0.3) is 23.3 Å². The third-order valence-corrected chi connectivity index (χ3v) is 12.5. The number of rotatable bonds is 11. The van der Waals surface area contributed by atoms with Crippen molar-refractivity contribution >= 4 is 47.2 Å². The third-order valence-electron chi connectivity index (χ3n) is 10.2. The summed E-state index contributed by atoms with van der Waals surface area (Å²) in [6, 6.07) is 20.0. The van der Waals surface area contributed by atoms with Crippen molar-refractivity contribution in [3.63, 3.8) is 0 Å². The number of hydrogen-bond donors (Lipinski definition) is 1. The minimum Gasteiger partial charge on any atom is -0.398 e. The van der Waals surface area contributed by atoms with Crippen molar-refractivity contribution in [3.8, 4) is 11.1 Å². The maximum atomic E-state index is 6.21. The summed E-state index contributed by atoms with van der Waals surface area (Å²) < 4.78 is 2.56. The Morgan fingerprint density at radius 2 is 1.68 bits per heavy atom. The van der Waals surface area contributed by atoms with E-state index in [1.807, 2.05) is 41.9 Å². The summed E-state index contributed by atoms with van der Waals surface area (Å²) in [5, 5.41) is 0. The van der Waals surface area contributed by atoms with Crippen LogP contribution in [0.4, 0.5) is 11.4 Å². The van der Waals surface area contributed by atoms with Gasteiger partial charge < -0.3 is 15.5 Å². The van der Waals surface area contributed by atoms with Crippen molar-refractivity contribution in [2.75, 3.05) is 49.1 Å². The number of nitrogen functional groups attached to an aromatic ring is 1. The van der Waals surface area contributed by atoms with Crippen molar-refractivity contribution in [1.29, 1.82) is 0 Å². The lowest BCUT2D eigenvalue weighted by atomic mass is 9.76. The van der Waals surface area contributed by atoms with E-state index in [4.69, 9.17) is 5.73 Å². The van der Waals surface area contributed by atoms with Gasteiger partial charge in [0.05, 0.1) is 11.4 Å². The van der Waals surface area contributed by atoms with Crippen LogP contribution in [0.15, 0.2) is 108 Å². The molecule has 50 heavy (non-hydrogen) atoms. The van der Waals surface area contributed by atoms with Gasteiger partial charge in [-0.1, -0.05) is 126 Å². The van der Waals surface area contributed by atoms with Crippen molar-refractivity contribution in [1.82, 2.24) is 9.21 Å². The van der Waals surface area contributed by atoms with Gasteiger partial charge in [0.25, 0.3) is 0 Å². The number of piperazine rings is 1. The number of benzene rings is 3. The lowest BCUT2D eigenvalue weighted by molar-refractivity contribution is 0.219. The summed E-state index contributed by atoms with van der Waals surface area (Å²) in [6.45, 7) is 29.2. The van der Waals surface area contributed by atoms with E-state index in [0.717, 1.165) is 74.6 Å². The number of hydrogen-bond acceptors (Lipinski definition) is 6. The van der Waals surface area contributed by atoms with E-state index < -0.39 is 0 Å². The van der Waals surface area contributed by atoms with Gasteiger partial charge >= 0.3 is 0 Å². The minimum atomic E-state index is -0.0932. The van der Waals surface area contributed by atoms with Crippen LogP contribution in [0.5, 0.6) is 0 Å². The first-order valence-electron chi connectivity index (χ1n) is 18.0. The number of anilines is 2. The van der Waals surface area contributed by atoms with Gasteiger partial charge in [0, 0.05) is 65.1 Å². The number of fused-ring (bicyclic) bond motifs is 2. The summed E-state index contributed by atoms with van der Waals surface area (Å²) in [5.74, 6) is 1.10. The molecular formula is C44H54N4S2. The second-order valence-corrected chi connectivity index (χ2v) is 17.7. The summed E-state index contributed by atoms with van der Waals surface area (Å²) in [4.78, 5) is 7.71. The molecule has 3 aromatic carbocycles. The molecule has 262 valence electrons. The highest BCUT2D eigenvalue weighted by atomic mass is 32.2. The van der Waals surface area contributed by atoms with Gasteiger partial charge in [-0.3, -0.25) is 0 Å². The quantitative estimate of drug-likeness (QED) is 0.122. The van der Waals surface area contributed by atoms with Gasteiger partial charge in [-0.2, -0.15) is 0 Å². The average Bonchev–Trinajstić information content (AvgIpc) is 3.09. The fourth-order valence-electron chi connectivity index (χ4n) is 7.27. The average molecular weight is 703 g/mol. The second-order valence-electron chi connectivity index (χ2n) is 15.4. The van der Waals surface area contributed by atoms with Crippen LogP contribution < -0.4 is 10.6 Å². The van der Waals surface area contributed by atoms with Crippen LogP contribution in [-0.2, 0) is 5.41 Å². The molecule has 1 saturated heterocycles. The molecule has 2 N–H and O–H groups in total. The zero-order valence-corrected chi connectivity index (χ0v) is 32.4. The van der Waals surface area contributed by atoms with Gasteiger partial charge in [-0.15, -0.1) is 0 Å². The molecule has 1 aliphatic carbocycles.